The van der Waals surface area contributed by atoms with E-state index in [2.05, 4.69) is 15.8 Å². The minimum atomic E-state index is -3.55. The van der Waals surface area contributed by atoms with Crippen molar-refractivity contribution in [2.24, 2.45) is 5.10 Å². The molecule has 5 rings (SSSR count). The number of benzene rings is 3. The predicted octanol–water partition coefficient (Wildman–Crippen LogP) is 3.92. The molecule has 3 aromatic carbocycles. The number of rotatable bonds is 5. The highest BCUT2D eigenvalue weighted by molar-refractivity contribution is 7.89. The lowest BCUT2D eigenvalue weighted by Gasteiger charge is -2.27. The third kappa shape index (κ3) is 5.41. The molecule has 2 aliphatic rings. The van der Waals surface area contributed by atoms with Crippen LogP contribution in [-0.2, 0) is 14.8 Å². The van der Waals surface area contributed by atoms with Gasteiger partial charge in [-0.1, -0.05) is 42.5 Å². The van der Waals surface area contributed by atoms with Crippen molar-refractivity contribution in [1.82, 2.24) is 9.73 Å². The van der Waals surface area contributed by atoms with Crippen molar-refractivity contribution < 1.29 is 17.9 Å². The lowest BCUT2D eigenvalue weighted by atomic mass is 9.96. The van der Waals surface area contributed by atoms with Gasteiger partial charge in [-0.05, 0) is 54.2 Å². The van der Waals surface area contributed by atoms with E-state index in [0.29, 0.717) is 43.5 Å². The molecule has 8 nitrogen and oxygen atoms in total. The number of hydrazone groups is 1. The quantitative estimate of drug-likeness (QED) is 0.388. The van der Waals surface area contributed by atoms with E-state index in [1.807, 2.05) is 54.6 Å². The highest BCUT2D eigenvalue weighted by Gasteiger charge is 2.27. The zero-order valence-electron chi connectivity index (χ0n) is 19.5. The summed E-state index contributed by atoms with van der Waals surface area (Å²) in [4.78, 5) is 0.236. The van der Waals surface area contributed by atoms with Crippen LogP contribution in [0.15, 0.2) is 88.9 Å². The molecule has 2 heterocycles. The van der Waals surface area contributed by atoms with E-state index in [1.54, 1.807) is 24.3 Å². The van der Waals surface area contributed by atoms with Crippen LogP contribution >= 0.6 is 12.2 Å². The molecular formula is C26H26N4O4S2. The molecule has 1 atom stereocenters. The summed E-state index contributed by atoms with van der Waals surface area (Å²) in [6, 6.07) is 24.3. The van der Waals surface area contributed by atoms with Gasteiger partial charge in [0.05, 0.1) is 23.8 Å². The summed E-state index contributed by atoms with van der Waals surface area (Å²) < 4.78 is 38.5. The number of nitrogens with one attached hydrogen (secondary N) is 2. The smallest absolute Gasteiger partial charge is 0.243 e. The lowest BCUT2D eigenvalue weighted by Crippen LogP contribution is -2.40. The molecule has 0 aliphatic carbocycles. The Morgan fingerprint density at radius 3 is 2.39 bits per heavy atom. The molecule has 1 fully saturated rings. The van der Waals surface area contributed by atoms with Crippen molar-refractivity contribution in [3.05, 3.63) is 90.0 Å². The number of nitrogens with zero attached hydrogens (tertiary/aromatic N) is 2. The third-order valence-corrected chi connectivity index (χ3v) is 8.14. The maximum atomic E-state index is 12.8. The van der Waals surface area contributed by atoms with Crippen LogP contribution in [0.3, 0.4) is 0 Å². The van der Waals surface area contributed by atoms with Crippen LogP contribution in [0.4, 0.5) is 5.69 Å². The van der Waals surface area contributed by atoms with Crippen molar-refractivity contribution in [3.8, 4) is 5.75 Å². The second kappa shape index (κ2) is 10.8. The van der Waals surface area contributed by atoms with Crippen molar-refractivity contribution in [2.45, 2.75) is 17.4 Å². The third-order valence-electron chi connectivity index (χ3n) is 6.03. The molecule has 0 amide bonds. The van der Waals surface area contributed by atoms with E-state index in [4.69, 9.17) is 21.7 Å². The topological polar surface area (TPSA) is 92.3 Å². The van der Waals surface area contributed by atoms with Crippen LogP contribution < -0.4 is 15.5 Å². The van der Waals surface area contributed by atoms with Crippen molar-refractivity contribution in [2.75, 3.05) is 31.6 Å². The molecule has 186 valence electrons. The van der Waals surface area contributed by atoms with Gasteiger partial charge in [0.25, 0.3) is 0 Å². The normalized spacial score (nSPS) is 19.2. The number of fused-ring (bicyclic) bond motifs is 1. The molecule has 0 aromatic heterocycles. The molecular weight excluding hydrogens is 496 g/mol. The highest BCUT2D eigenvalue weighted by Crippen LogP contribution is 2.35. The van der Waals surface area contributed by atoms with Gasteiger partial charge < -0.3 is 14.8 Å². The van der Waals surface area contributed by atoms with Gasteiger partial charge in [-0.2, -0.15) is 9.41 Å². The Balaban J connectivity index is 1.26. The molecule has 1 unspecified atom stereocenters. The van der Waals surface area contributed by atoms with E-state index in [0.717, 1.165) is 22.6 Å². The fourth-order valence-corrected chi connectivity index (χ4v) is 5.74. The fourth-order valence-electron chi connectivity index (χ4n) is 4.17. The summed E-state index contributed by atoms with van der Waals surface area (Å²) in [6.07, 6.45) is 0.439. The minimum absolute atomic E-state index is 0.149. The van der Waals surface area contributed by atoms with Gasteiger partial charge in [0.2, 0.25) is 10.0 Å². The second-order valence-corrected chi connectivity index (χ2v) is 10.7. The van der Waals surface area contributed by atoms with Crippen LogP contribution in [0, 0.1) is 0 Å². The fraction of sp³-hybridized carbons (Fsp3) is 0.231. The van der Waals surface area contributed by atoms with Gasteiger partial charge in [-0.25, -0.2) is 8.42 Å². The van der Waals surface area contributed by atoms with Crippen LogP contribution in [-0.4, -0.2) is 49.9 Å². The van der Waals surface area contributed by atoms with Crippen LogP contribution in [0.2, 0.25) is 0 Å². The molecule has 3 aromatic rings. The summed E-state index contributed by atoms with van der Waals surface area (Å²) >= 11 is 5.43. The van der Waals surface area contributed by atoms with E-state index in [1.165, 1.54) is 4.31 Å². The first kappa shape index (κ1) is 24.4. The molecule has 1 saturated heterocycles. The summed E-state index contributed by atoms with van der Waals surface area (Å²) in [6.45, 7) is 1.53. The largest absolute Gasteiger partial charge is 0.485 e. The number of hydrogen-bond acceptors (Lipinski definition) is 6. The number of anilines is 1. The number of thiocarbonyl (C=S) groups is 1. The molecule has 0 bridgehead atoms. The molecule has 2 N–H and O–H groups in total. The maximum Gasteiger partial charge on any atom is 0.243 e. The van der Waals surface area contributed by atoms with Gasteiger partial charge in [-0.15, -0.1) is 0 Å². The van der Waals surface area contributed by atoms with Gasteiger partial charge in [0, 0.05) is 30.8 Å². The maximum absolute atomic E-state index is 12.8. The lowest BCUT2D eigenvalue weighted by molar-refractivity contribution is 0.0730. The summed E-state index contributed by atoms with van der Waals surface area (Å²) in [7, 11) is -3.55. The van der Waals surface area contributed by atoms with E-state index in [-0.39, 0.29) is 11.0 Å². The molecule has 36 heavy (non-hydrogen) atoms. The Hall–Kier alpha value is -3.31. The number of morpholine rings is 1. The second-order valence-electron chi connectivity index (χ2n) is 8.38. The highest BCUT2D eigenvalue weighted by atomic mass is 32.2. The first-order valence-corrected chi connectivity index (χ1v) is 13.5. The molecule has 0 saturated carbocycles. The monoisotopic (exact) mass is 522 g/mol. The van der Waals surface area contributed by atoms with Crippen molar-refractivity contribution >= 4 is 38.8 Å². The average molecular weight is 523 g/mol. The summed E-state index contributed by atoms with van der Waals surface area (Å²) in [5, 5.41) is 7.94. The van der Waals surface area contributed by atoms with Gasteiger partial charge in [-0.3, -0.25) is 5.43 Å². The summed E-state index contributed by atoms with van der Waals surface area (Å²) in [5.41, 5.74) is 6.40. The van der Waals surface area contributed by atoms with E-state index in [9.17, 15) is 8.42 Å². The Kier molecular flexibility index (Phi) is 7.28. The van der Waals surface area contributed by atoms with Crippen molar-refractivity contribution in [1.29, 1.82) is 0 Å². The average Bonchev–Trinajstić information content (AvgIpc) is 2.93. The standard InChI is InChI=1S/C26H26N4O4S2/c31-36(32,30-14-16-33-17-15-30)21-12-10-20(11-13-21)27-26(35)29-28-23-18-25(19-6-2-1-3-7-19)34-24-9-5-4-8-22(23)24/h1-13,25H,14-18H2,(H2,27,29,35)/b28-23-. The van der Waals surface area contributed by atoms with Crippen LogP contribution in [0.5, 0.6) is 5.75 Å². The zero-order chi connectivity index (χ0) is 25.0. The predicted molar refractivity (Wildman–Crippen MR) is 143 cm³/mol. The Morgan fingerprint density at radius 2 is 1.64 bits per heavy atom. The number of sulfonamides is 1. The van der Waals surface area contributed by atoms with E-state index < -0.39 is 10.0 Å². The zero-order valence-corrected chi connectivity index (χ0v) is 21.1. The molecule has 10 heteroatoms. The van der Waals surface area contributed by atoms with E-state index >= 15 is 0 Å². The number of hydrogen-bond donors (Lipinski definition) is 2. The van der Waals surface area contributed by atoms with Crippen molar-refractivity contribution in [3.63, 3.8) is 0 Å². The first-order chi connectivity index (χ1) is 17.5. The minimum Gasteiger partial charge on any atom is -0.485 e. The number of para-hydroxylation sites is 1. The first-order valence-electron chi connectivity index (χ1n) is 11.6. The van der Waals surface area contributed by atoms with Crippen LogP contribution in [0.25, 0.3) is 0 Å². The number of ether oxygens (including phenoxy) is 2. The Bertz CT molecular complexity index is 1360. The Morgan fingerprint density at radius 1 is 0.944 bits per heavy atom. The molecule has 0 spiro atoms. The molecule has 2 aliphatic heterocycles. The van der Waals surface area contributed by atoms with Gasteiger partial charge in [0.1, 0.15) is 11.9 Å². The SMILES string of the molecule is O=S(=O)(c1ccc(NC(=S)N/N=C2/CC(c3ccccc3)Oc3ccccc32)cc1)N1CCOCC1. The van der Waals surface area contributed by atoms with Gasteiger partial charge >= 0.3 is 0 Å². The van der Waals surface area contributed by atoms with Crippen LogP contribution in [0.1, 0.15) is 23.7 Å². The summed E-state index contributed by atoms with van der Waals surface area (Å²) in [5.74, 6) is 0.772. The van der Waals surface area contributed by atoms with Gasteiger partial charge in [0.15, 0.2) is 5.11 Å². The Labute approximate surface area is 216 Å². The molecule has 0 radical (unpaired) electrons.